The van der Waals surface area contributed by atoms with Crippen LogP contribution < -0.4 is 76.1 Å². The first kappa shape index (κ1) is 75.2. The van der Waals surface area contributed by atoms with Gasteiger partial charge < -0.3 is 102 Å². The number of primary amides is 1. The van der Waals surface area contributed by atoms with Crippen molar-refractivity contribution >= 4 is 75.9 Å². The van der Waals surface area contributed by atoms with Crippen LogP contribution in [0.15, 0.2) is 72.9 Å². The SMILES string of the molecule is COCCCCCCOc1ccc(-c2nn3cc(-c4ccc(C(=O)NC5CC(O)CNC(=O)C6C(O)C(C)CN6C(=O)C(C(O)CC(N)=O)NC(=O)C(C(O)C(O)c6ccc(O)c(OSOO[O-])c6)NC(=O)C6CC(O)CN6C(=O)C(C(C)O)NC5=O)cc4)nc3s2)cc1.[Na+]. The van der Waals surface area contributed by atoms with E-state index in [0.717, 1.165) is 78.5 Å². The molecule has 14 atom stereocenters. The second-order valence-electron chi connectivity index (χ2n) is 23.0. The Kier molecular flexibility index (Phi) is 27.4. The third kappa shape index (κ3) is 19.1. The van der Waals surface area contributed by atoms with Gasteiger partial charge in [-0.05, 0) is 80.3 Å². The summed E-state index contributed by atoms with van der Waals surface area (Å²) in [7, 11) is 1.69. The molecule has 36 heteroatoms. The molecular formula is C59H74N11NaO22S2. The molecule has 8 amide bonds. The summed E-state index contributed by atoms with van der Waals surface area (Å²) in [4.78, 5) is 120. The molecule has 0 aliphatic carbocycles. The summed E-state index contributed by atoms with van der Waals surface area (Å²) in [5.41, 5.74) is 6.93. The number of phenols is 1. The predicted octanol–water partition coefficient (Wildman–Crippen LogP) is -6.10. The molecule has 33 nitrogen and oxygen atoms in total. The summed E-state index contributed by atoms with van der Waals surface area (Å²) in [5.74, 6) is -11.3. The maximum atomic E-state index is 14.7. The molecule has 8 rings (SSSR count). The van der Waals surface area contributed by atoms with Crippen LogP contribution in [-0.2, 0) is 47.7 Å². The van der Waals surface area contributed by atoms with Crippen LogP contribution in [0, 0.1) is 5.92 Å². The van der Waals surface area contributed by atoms with Crippen molar-refractivity contribution in [2.45, 2.75) is 138 Å². The average Bonchev–Trinajstić information content (AvgIpc) is 1.59. The van der Waals surface area contributed by atoms with E-state index >= 15 is 0 Å². The number of nitrogens with zero attached hydrogens (tertiary/aromatic N) is 5. The molecule has 0 saturated carbocycles. The Morgan fingerprint density at radius 3 is 2.14 bits per heavy atom. The van der Waals surface area contributed by atoms with Crippen molar-refractivity contribution in [3.8, 4) is 39.1 Å². The summed E-state index contributed by atoms with van der Waals surface area (Å²) < 4.78 is 21.7. The number of ether oxygens (including phenoxy) is 2. The Bertz CT molecular complexity index is 3450. The molecule has 0 radical (unpaired) electrons. The summed E-state index contributed by atoms with van der Waals surface area (Å²) >= 11 is 1.26. The monoisotopic (exact) mass is 1380 g/mol. The Morgan fingerprint density at radius 2 is 1.47 bits per heavy atom. The van der Waals surface area contributed by atoms with Crippen molar-refractivity contribution in [3.05, 3.63) is 84.1 Å². The molecule has 3 aliphatic heterocycles. The number of unbranched alkanes of at least 4 members (excludes halogenated alkanes) is 3. The quantitative estimate of drug-likeness (QED) is 0.00951. The summed E-state index contributed by atoms with van der Waals surface area (Å²) in [5, 5.41) is 121. The van der Waals surface area contributed by atoms with Crippen molar-refractivity contribution in [3.63, 3.8) is 0 Å². The number of benzene rings is 3. The van der Waals surface area contributed by atoms with Crippen molar-refractivity contribution in [2.75, 3.05) is 40.0 Å². The van der Waals surface area contributed by atoms with Gasteiger partial charge in [0.15, 0.2) is 11.5 Å². The van der Waals surface area contributed by atoms with Crippen LogP contribution in [-0.4, -0.2) is 225 Å². The number of imidazole rings is 1. The van der Waals surface area contributed by atoms with E-state index in [0.29, 0.717) is 27.8 Å². The molecule has 3 fully saturated rings. The first-order valence-corrected chi connectivity index (χ1v) is 31.3. The van der Waals surface area contributed by atoms with E-state index in [-0.39, 0.29) is 53.0 Å². The maximum absolute atomic E-state index is 14.7. The van der Waals surface area contributed by atoms with Crippen LogP contribution in [0.25, 0.3) is 26.8 Å². The molecule has 0 spiro atoms. The molecule has 3 aromatic carbocycles. The van der Waals surface area contributed by atoms with Gasteiger partial charge in [0, 0.05) is 68.8 Å². The molecule has 510 valence electrons. The average molecular weight is 1380 g/mol. The molecule has 5 heterocycles. The van der Waals surface area contributed by atoms with Gasteiger partial charge in [0.2, 0.25) is 46.3 Å². The van der Waals surface area contributed by atoms with Gasteiger partial charge in [0.05, 0.1) is 55.4 Å². The van der Waals surface area contributed by atoms with Gasteiger partial charge in [-0.2, -0.15) is 5.10 Å². The number of nitrogens with two attached hydrogens (primary N) is 1. The number of fused-ring (bicyclic) bond motifs is 3. The first-order chi connectivity index (χ1) is 44.9. The zero-order valence-electron chi connectivity index (χ0n) is 51.9. The number of hydrogen-bond donors (Lipinski definition) is 14. The molecule has 3 aliphatic rings. The van der Waals surface area contributed by atoms with E-state index in [1.807, 2.05) is 24.3 Å². The molecule has 0 bridgehead atoms. The number of aromatic nitrogens is 3. The van der Waals surface area contributed by atoms with Crippen LogP contribution in [0.4, 0.5) is 0 Å². The number of amides is 8. The Balaban J connectivity index is 0.0000128. The zero-order chi connectivity index (χ0) is 68.1. The van der Waals surface area contributed by atoms with E-state index < -0.39 is 183 Å². The number of hydrogen-bond acceptors (Lipinski definition) is 26. The fraction of sp³-hybridized carbons (Fsp3) is 0.492. The smallest absolute Gasteiger partial charge is 0.691 e. The van der Waals surface area contributed by atoms with E-state index in [4.69, 9.17) is 29.5 Å². The standard InChI is InChI=1S/C59H75N11O22S2.Na/c1-28-25-69-47(48(28)77)55(84)61-24-34(72)21-37(62-51(80)31-10-8-30(9-11-31)38-27-70-59(63-38)93-56(67-70)32-12-15-36(16-13-32)89-19-7-5-4-6-18-88-3)52(81)64-44(29(2)71)57(85)68-26-35(73)22-39(68)53(82)66-46(54(83)65-45(58(69)86)41(75)23-43(60)76)50(79)49(78)33-14-17-40(74)42(20-33)90-94-92-91-87;/h8-17,20,27-29,34-35,37,39,41,44-50,71-75,77-79,87H,4-7,18-19,21-26H2,1-3H3,(H2,60,76)(H,61,84)(H,62,80)(H,64,81)(H,65,83)(H,66,82);/q;+1/p-1. The largest absolute Gasteiger partial charge is 1.00 e. The maximum Gasteiger partial charge on any atom is 1.00 e. The fourth-order valence-corrected chi connectivity index (χ4v) is 12.2. The first-order valence-electron chi connectivity index (χ1n) is 29.8. The number of β-amino-alcohol motifs (C(OH)–C–C–N with tert-alkyl or cyclic N) is 1. The van der Waals surface area contributed by atoms with E-state index in [9.17, 15) is 84.5 Å². The summed E-state index contributed by atoms with van der Waals surface area (Å²) in [6.07, 6.45) is -10.5. The number of carbonyl (C=O) groups excluding carboxylic acids is 8. The Hall–Kier alpha value is -7.17. The molecule has 5 aromatic rings. The van der Waals surface area contributed by atoms with Crippen molar-refractivity contribution in [1.29, 1.82) is 0 Å². The topological polar surface area (TPSA) is 490 Å². The number of aromatic hydroxyl groups is 1. The van der Waals surface area contributed by atoms with Crippen LogP contribution >= 0.6 is 23.7 Å². The summed E-state index contributed by atoms with van der Waals surface area (Å²) in [6, 6.07) is 4.12. The number of carbonyl (C=O) groups is 8. The number of aliphatic hydroxyl groups excluding tert-OH is 7. The molecular weight excluding hydrogens is 1300 g/mol. The van der Waals surface area contributed by atoms with Crippen molar-refractivity contribution in [1.82, 2.24) is 51.0 Å². The minimum absolute atomic E-state index is 0. The van der Waals surface area contributed by atoms with Crippen molar-refractivity contribution < 1.29 is 137 Å². The van der Waals surface area contributed by atoms with Crippen LogP contribution in [0.3, 0.4) is 0 Å². The summed E-state index contributed by atoms with van der Waals surface area (Å²) in [6.45, 7) is 1.99. The minimum atomic E-state index is -2.54. The molecule has 14 unspecified atom stereocenters. The zero-order valence-corrected chi connectivity index (χ0v) is 55.6. The third-order valence-electron chi connectivity index (χ3n) is 16.0. The number of rotatable bonds is 23. The van der Waals surface area contributed by atoms with Crippen molar-refractivity contribution in [2.24, 2.45) is 11.7 Å². The molecule has 3 saturated heterocycles. The van der Waals surface area contributed by atoms with E-state index in [2.05, 4.69) is 36.0 Å². The number of phenolic OH excluding ortho intramolecular Hbond substituents is 1. The van der Waals surface area contributed by atoms with Gasteiger partial charge in [-0.25, -0.2) is 9.50 Å². The van der Waals surface area contributed by atoms with Gasteiger partial charge in [0.1, 0.15) is 59.2 Å². The molecule has 2 aromatic heterocycles. The Labute approximate surface area is 573 Å². The number of nitrogens with one attached hydrogen (secondary N) is 5. The van der Waals surface area contributed by atoms with Gasteiger partial charge >= 0.3 is 29.6 Å². The van der Waals surface area contributed by atoms with Gasteiger partial charge in [-0.3, -0.25) is 43.4 Å². The number of aliphatic hydroxyl groups is 7. The molecule has 95 heavy (non-hydrogen) atoms. The fourth-order valence-electron chi connectivity index (χ4n) is 11.0. The van der Waals surface area contributed by atoms with Gasteiger partial charge in [0.25, 0.3) is 18.2 Å². The van der Waals surface area contributed by atoms with Gasteiger partial charge in [-0.15, -0.1) is 4.33 Å². The van der Waals surface area contributed by atoms with E-state index in [1.54, 1.807) is 30.0 Å². The second kappa shape index (κ2) is 34.7. The minimum Gasteiger partial charge on any atom is -0.691 e. The second-order valence-corrected chi connectivity index (χ2v) is 24.4. The number of methoxy groups -OCH3 is 1. The van der Waals surface area contributed by atoms with E-state index in [1.165, 1.54) is 30.4 Å². The van der Waals surface area contributed by atoms with Crippen LogP contribution in [0.1, 0.15) is 80.8 Å². The van der Waals surface area contributed by atoms with Gasteiger partial charge in [-0.1, -0.05) is 42.9 Å². The Morgan fingerprint density at radius 1 is 0.811 bits per heavy atom. The third-order valence-corrected chi connectivity index (χ3v) is 17.4. The van der Waals surface area contributed by atoms with Crippen LogP contribution in [0.2, 0.25) is 0 Å². The van der Waals surface area contributed by atoms with Crippen LogP contribution in [0.5, 0.6) is 17.2 Å². The molecule has 15 N–H and O–H groups in total. The predicted molar refractivity (Wildman–Crippen MR) is 326 cm³/mol. The normalized spacial score (nSPS) is 24.5.